The van der Waals surface area contributed by atoms with Gasteiger partial charge in [0.25, 0.3) is 0 Å². The monoisotopic (exact) mass is 237 g/mol. The number of hydrogen-bond donors (Lipinski definition) is 2. The molecule has 1 aromatic rings. The maximum absolute atomic E-state index is 9.97. The van der Waals surface area contributed by atoms with Crippen molar-refractivity contribution in [3.63, 3.8) is 0 Å². The Bertz CT molecular complexity index is 353. The summed E-state index contributed by atoms with van der Waals surface area (Å²) in [7, 11) is 0. The van der Waals surface area contributed by atoms with E-state index in [2.05, 4.69) is 5.32 Å². The number of nitrogens with one attached hydrogen (secondary N) is 1. The second-order valence-corrected chi connectivity index (χ2v) is 4.71. The predicted molar refractivity (Wildman–Crippen MR) is 65.8 cm³/mol. The third-order valence-corrected chi connectivity index (χ3v) is 2.80. The molecule has 0 aliphatic carbocycles. The molecule has 1 aliphatic rings. The van der Waals surface area contributed by atoms with Crippen molar-refractivity contribution in [2.45, 2.75) is 31.8 Å². The van der Waals surface area contributed by atoms with E-state index < -0.39 is 11.9 Å². The van der Waals surface area contributed by atoms with Crippen molar-refractivity contribution >= 4 is 5.69 Å². The average Bonchev–Trinajstić information content (AvgIpc) is 2.44. The van der Waals surface area contributed by atoms with Gasteiger partial charge in [0.05, 0.1) is 25.4 Å². The van der Waals surface area contributed by atoms with Gasteiger partial charge in [-0.2, -0.15) is 0 Å². The van der Waals surface area contributed by atoms with Crippen LogP contribution in [0.25, 0.3) is 0 Å². The molecular weight excluding hydrogens is 218 g/mol. The molecule has 0 radical (unpaired) electrons. The number of hydrogen-bond acceptors (Lipinski definition) is 4. The molecule has 1 saturated heterocycles. The molecule has 1 fully saturated rings. The summed E-state index contributed by atoms with van der Waals surface area (Å²) in [6.45, 7) is 4.40. The highest BCUT2D eigenvalue weighted by Gasteiger charge is 2.31. The third-order valence-electron chi connectivity index (χ3n) is 2.80. The number of anilines is 1. The molecule has 0 aromatic heterocycles. The highest BCUT2D eigenvalue weighted by molar-refractivity contribution is 5.43. The molecule has 0 amide bonds. The summed E-state index contributed by atoms with van der Waals surface area (Å²) in [5, 5.41) is 13.2. The van der Waals surface area contributed by atoms with Crippen LogP contribution in [0.3, 0.4) is 0 Å². The third kappa shape index (κ3) is 3.43. The Balaban J connectivity index is 2.01. The van der Waals surface area contributed by atoms with Gasteiger partial charge in [0.2, 0.25) is 0 Å². The van der Waals surface area contributed by atoms with Crippen LogP contribution in [0.15, 0.2) is 30.3 Å². The van der Waals surface area contributed by atoms with Gasteiger partial charge in [-0.1, -0.05) is 18.2 Å². The molecule has 4 heteroatoms. The van der Waals surface area contributed by atoms with Gasteiger partial charge < -0.3 is 19.9 Å². The molecule has 1 aromatic carbocycles. The molecule has 4 nitrogen and oxygen atoms in total. The van der Waals surface area contributed by atoms with Crippen molar-refractivity contribution < 1.29 is 14.6 Å². The van der Waals surface area contributed by atoms with Gasteiger partial charge in [-0.05, 0) is 26.0 Å². The van der Waals surface area contributed by atoms with Crippen LogP contribution in [-0.2, 0) is 9.47 Å². The second kappa shape index (κ2) is 5.04. The van der Waals surface area contributed by atoms with Gasteiger partial charge in [-0.3, -0.25) is 0 Å². The Hall–Kier alpha value is -1.10. The van der Waals surface area contributed by atoms with E-state index in [1.807, 2.05) is 44.2 Å². The van der Waals surface area contributed by atoms with Crippen molar-refractivity contribution in [1.29, 1.82) is 0 Å². The van der Waals surface area contributed by atoms with Gasteiger partial charge in [-0.25, -0.2) is 0 Å². The molecule has 0 saturated carbocycles. The molecule has 94 valence electrons. The zero-order valence-electron chi connectivity index (χ0n) is 10.2. The van der Waals surface area contributed by atoms with Crippen LogP contribution >= 0.6 is 0 Å². The summed E-state index contributed by atoms with van der Waals surface area (Å²) in [6, 6.07) is 9.63. The van der Waals surface area contributed by atoms with Gasteiger partial charge in [-0.15, -0.1) is 0 Å². The van der Waals surface area contributed by atoms with E-state index in [0.717, 1.165) is 5.69 Å². The Kier molecular flexibility index (Phi) is 3.66. The highest BCUT2D eigenvalue weighted by Crippen LogP contribution is 2.19. The van der Waals surface area contributed by atoms with Crippen molar-refractivity contribution in [3.8, 4) is 0 Å². The van der Waals surface area contributed by atoms with E-state index in [-0.39, 0.29) is 12.6 Å². The number of rotatable bonds is 2. The zero-order chi connectivity index (χ0) is 12.3. The van der Waals surface area contributed by atoms with Crippen molar-refractivity contribution in [2.24, 2.45) is 0 Å². The molecule has 0 unspecified atom stereocenters. The van der Waals surface area contributed by atoms with Crippen LogP contribution in [0, 0.1) is 0 Å². The Morgan fingerprint density at radius 3 is 2.53 bits per heavy atom. The minimum atomic E-state index is -0.631. The molecule has 1 heterocycles. The SMILES string of the molecule is CC1(C)OC[C@H](Nc2ccccc2)[C@@H](O)CO1. The fourth-order valence-corrected chi connectivity index (χ4v) is 1.73. The fraction of sp³-hybridized carbons (Fsp3) is 0.538. The first-order valence-corrected chi connectivity index (χ1v) is 5.84. The van der Waals surface area contributed by atoms with Crippen LogP contribution in [0.2, 0.25) is 0 Å². The molecule has 1 aliphatic heterocycles. The molecule has 2 rings (SSSR count). The molecule has 0 spiro atoms. The number of aliphatic hydroxyl groups is 1. The Morgan fingerprint density at radius 1 is 1.18 bits per heavy atom. The number of para-hydroxylation sites is 1. The second-order valence-electron chi connectivity index (χ2n) is 4.71. The van der Waals surface area contributed by atoms with E-state index >= 15 is 0 Å². The smallest absolute Gasteiger partial charge is 0.162 e. The van der Waals surface area contributed by atoms with Crippen LogP contribution < -0.4 is 5.32 Å². The lowest BCUT2D eigenvalue weighted by Gasteiger charge is -2.23. The molecule has 2 atom stereocenters. The summed E-state index contributed by atoms with van der Waals surface area (Å²) in [5.74, 6) is -0.631. The van der Waals surface area contributed by atoms with E-state index in [9.17, 15) is 5.11 Å². The summed E-state index contributed by atoms with van der Waals surface area (Å²) in [4.78, 5) is 0. The van der Waals surface area contributed by atoms with E-state index in [0.29, 0.717) is 6.61 Å². The maximum Gasteiger partial charge on any atom is 0.162 e. The van der Waals surface area contributed by atoms with E-state index in [4.69, 9.17) is 9.47 Å². The first-order valence-electron chi connectivity index (χ1n) is 5.84. The number of aliphatic hydroxyl groups excluding tert-OH is 1. The van der Waals surface area contributed by atoms with Gasteiger partial charge in [0.1, 0.15) is 0 Å². The largest absolute Gasteiger partial charge is 0.388 e. The van der Waals surface area contributed by atoms with Crippen molar-refractivity contribution in [1.82, 2.24) is 0 Å². The standard InChI is InChI=1S/C13H19NO3/c1-13(2)16-8-11(12(15)9-17-13)14-10-6-4-3-5-7-10/h3-7,11-12,14-15H,8-9H2,1-2H3/t11-,12-/m0/s1. The van der Waals surface area contributed by atoms with Crippen molar-refractivity contribution in [3.05, 3.63) is 30.3 Å². The molecular formula is C13H19NO3. The van der Waals surface area contributed by atoms with Crippen LogP contribution in [0.5, 0.6) is 0 Å². The minimum Gasteiger partial charge on any atom is -0.388 e. The minimum absolute atomic E-state index is 0.154. The lowest BCUT2D eigenvalue weighted by molar-refractivity contribution is -0.203. The van der Waals surface area contributed by atoms with Crippen LogP contribution in [0.4, 0.5) is 5.69 Å². The van der Waals surface area contributed by atoms with Gasteiger partial charge in [0.15, 0.2) is 5.79 Å². The lowest BCUT2D eigenvalue weighted by atomic mass is 10.1. The topological polar surface area (TPSA) is 50.7 Å². The molecule has 17 heavy (non-hydrogen) atoms. The first kappa shape index (κ1) is 12.4. The normalized spacial score (nSPS) is 28.4. The van der Waals surface area contributed by atoms with E-state index in [1.165, 1.54) is 0 Å². The Labute approximate surface area is 102 Å². The fourth-order valence-electron chi connectivity index (χ4n) is 1.73. The molecule has 0 bridgehead atoms. The van der Waals surface area contributed by atoms with Gasteiger partial charge in [0, 0.05) is 5.69 Å². The van der Waals surface area contributed by atoms with Gasteiger partial charge >= 0.3 is 0 Å². The highest BCUT2D eigenvalue weighted by atomic mass is 16.7. The summed E-state index contributed by atoms with van der Waals surface area (Å²) >= 11 is 0. The maximum atomic E-state index is 9.97. The summed E-state index contributed by atoms with van der Waals surface area (Å²) in [5.41, 5.74) is 0.972. The predicted octanol–water partition coefficient (Wildman–Crippen LogP) is 1.61. The quantitative estimate of drug-likeness (QED) is 0.820. The lowest BCUT2D eigenvalue weighted by Crippen LogP contribution is -2.38. The average molecular weight is 237 g/mol. The molecule has 2 N–H and O–H groups in total. The zero-order valence-corrected chi connectivity index (χ0v) is 10.2. The summed E-state index contributed by atoms with van der Waals surface area (Å²) < 4.78 is 11.1. The van der Waals surface area contributed by atoms with E-state index in [1.54, 1.807) is 0 Å². The van der Waals surface area contributed by atoms with Crippen molar-refractivity contribution in [2.75, 3.05) is 18.5 Å². The Morgan fingerprint density at radius 2 is 1.82 bits per heavy atom. The van der Waals surface area contributed by atoms with Crippen LogP contribution in [-0.4, -0.2) is 36.3 Å². The van der Waals surface area contributed by atoms with Crippen LogP contribution in [0.1, 0.15) is 13.8 Å². The first-order chi connectivity index (χ1) is 8.07. The number of benzene rings is 1. The number of ether oxygens (including phenoxy) is 2. The summed E-state index contributed by atoms with van der Waals surface area (Å²) in [6.07, 6.45) is -0.572.